The highest BCUT2D eigenvalue weighted by atomic mass is 32.2. The summed E-state index contributed by atoms with van der Waals surface area (Å²) in [5.41, 5.74) is 3.44. The van der Waals surface area contributed by atoms with E-state index >= 15 is 0 Å². The van der Waals surface area contributed by atoms with Crippen LogP contribution in [-0.2, 0) is 17.8 Å². The summed E-state index contributed by atoms with van der Waals surface area (Å²) in [6, 6.07) is 16.2. The highest BCUT2D eigenvalue weighted by molar-refractivity contribution is 8.40. The number of amides is 1. The van der Waals surface area contributed by atoms with Crippen molar-refractivity contribution in [1.29, 1.82) is 0 Å². The second kappa shape index (κ2) is 8.41. The molecule has 0 N–H and O–H groups in total. The number of carbonyl (C=O) groups is 1. The maximum absolute atomic E-state index is 11.8. The Morgan fingerprint density at radius 2 is 1.76 bits per heavy atom. The predicted octanol–water partition coefficient (Wildman–Crippen LogP) is 5.16. The van der Waals surface area contributed by atoms with Crippen molar-refractivity contribution in [3.05, 3.63) is 70.1 Å². The first-order valence-corrected chi connectivity index (χ1v) is 10.1. The molecule has 5 heteroatoms. The van der Waals surface area contributed by atoms with Crippen molar-refractivity contribution in [2.45, 2.75) is 20.0 Å². The second-order valence-corrected chi connectivity index (χ2v) is 7.61. The van der Waals surface area contributed by atoms with Gasteiger partial charge in [-0.1, -0.05) is 55.1 Å². The Labute approximate surface area is 156 Å². The number of ether oxygens (including phenoxy) is 1. The lowest BCUT2D eigenvalue weighted by molar-refractivity contribution is -0.113. The van der Waals surface area contributed by atoms with Crippen LogP contribution in [0.15, 0.2) is 58.4 Å². The van der Waals surface area contributed by atoms with Gasteiger partial charge in [-0.05, 0) is 47.6 Å². The molecule has 1 aliphatic heterocycles. The average Bonchev–Trinajstić information content (AvgIpc) is 3.01. The van der Waals surface area contributed by atoms with Crippen molar-refractivity contribution in [3.8, 4) is 5.75 Å². The predicted molar refractivity (Wildman–Crippen MR) is 108 cm³/mol. The van der Waals surface area contributed by atoms with Crippen LogP contribution in [0.3, 0.4) is 0 Å². The molecule has 3 nitrogen and oxygen atoms in total. The zero-order valence-corrected chi connectivity index (χ0v) is 15.8. The number of benzene rings is 2. The lowest BCUT2D eigenvalue weighted by atomic mass is 10.1. The molecule has 0 saturated heterocycles. The van der Waals surface area contributed by atoms with Crippen LogP contribution in [0.4, 0.5) is 0 Å². The molecule has 0 bridgehead atoms. The van der Waals surface area contributed by atoms with Gasteiger partial charge in [0.25, 0.3) is 5.91 Å². The van der Waals surface area contributed by atoms with E-state index in [0.29, 0.717) is 11.5 Å². The van der Waals surface area contributed by atoms with Crippen molar-refractivity contribution in [3.63, 3.8) is 0 Å². The van der Waals surface area contributed by atoms with Crippen LogP contribution >= 0.6 is 23.5 Å². The first-order valence-electron chi connectivity index (χ1n) is 8.05. The maximum Gasteiger partial charge on any atom is 0.285 e. The number of rotatable bonds is 5. The van der Waals surface area contributed by atoms with E-state index in [4.69, 9.17) is 4.74 Å². The zero-order chi connectivity index (χ0) is 17.6. The van der Waals surface area contributed by atoms with E-state index in [1.54, 1.807) is 0 Å². The van der Waals surface area contributed by atoms with E-state index in [1.807, 2.05) is 36.6 Å². The molecular formula is C20H19NO2S2. The van der Waals surface area contributed by atoms with Crippen LogP contribution in [0, 0.1) is 0 Å². The SMILES string of the molecule is CCc1ccc(COc2ccc(C=C3SC(SC)=NC3=O)cc2)cc1. The number of aliphatic imine (C=N–C) groups is 1. The van der Waals surface area contributed by atoms with Crippen molar-refractivity contribution in [2.24, 2.45) is 4.99 Å². The fourth-order valence-electron chi connectivity index (χ4n) is 2.33. The summed E-state index contributed by atoms with van der Waals surface area (Å²) >= 11 is 2.91. The van der Waals surface area contributed by atoms with E-state index in [2.05, 4.69) is 36.2 Å². The Balaban J connectivity index is 1.59. The van der Waals surface area contributed by atoms with Crippen molar-refractivity contribution in [2.75, 3.05) is 6.26 Å². The molecule has 128 valence electrons. The first kappa shape index (κ1) is 17.8. The fraction of sp³-hybridized carbons (Fsp3) is 0.200. The molecule has 0 spiro atoms. The Hall–Kier alpha value is -1.98. The van der Waals surface area contributed by atoms with Crippen molar-refractivity contribution < 1.29 is 9.53 Å². The summed E-state index contributed by atoms with van der Waals surface area (Å²) in [5.74, 6) is 0.651. The highest BCUT2D eigenvalue weighted by Crippen LogP contribution is 2.32. The van der Waals surface area contributed by atoms with Crippen LogP contribution < -0.4 is 4.74 Å². The standard InChI is InChI=1S/C20H19NO2S2/c1-3-14-4-6-16(7-5-14)13-23-17-10-8-15(9-11-17)12-18-19(22)21-20(24-2)25-18/h4-12H,3,13H2,1-2H3. The lowest BCUT2D eigenvalue weighted by Crippen LogP contribution is -1.95. The molecular weight excluding hydrogens is 350 g/mol. The van der Waals surface area contributed by atoms with Gasteiger partial charge in [0.15, 0.2) is 0 Å². The van der Waals surface area contributed by atoms with E-state index in [-0.39, 0.29) is 5.91 Å². The van der Waals surface area contributed by atoms with Crippen LogP contribution in [0.5, 0.6) is 5.75 Å². The molecule has 0 fully saturated rings. The van der Waals surface area contributed by atoms with Gasteiger partial charge in [-0.3, -0.25) is 4.79 Å². The van der Waals surface area contributed by atoms with Gasteiger partial charge in [-0.25, -0.2) is 0 Å². The van der Waals surface area contributed by atoms with E-state index in [1.165, 1.54) is 29.1 Å². The molecule has 0 saturated carbocycles. The van der Waals surface area contributed by atoms with Gasteiger partial charge in [0.2, 0.25) is 0 Å². The Kier molecular flexibility index (Phi) is 6.00. The Morgan fingerprint density at radius 1 is 1.08 bits per heavy atom. The fourth-order valence-corrected chi connectivity index (χ4v) is 3.75. The minimum atomic E-state index is -0.162. The van der Waals surface area contributed by atoms with Gasteiger partial charge in [0, 0.05) is 0 Å². The van der Waals surface area contributed by atoms with E-state index < -0.39 is 0 Å². The minimum Gasteiger partial charge on any atom is -0.489 e. The maximum atomic E-state index is 11.8. The molecule has 2 aromatic rings. The minimum absolute atomic E-state index is 0.162. The molecule has 0 unspecified atom stereocenters. The Bertz CT molecular complexity index is 809. The summed E-state index contributed by atoms with van der Waals surface area (Å²) in [6.07, 6.45) is 4.83. The van der Waals surface area contributed by atoms with Gasteiger partial charge in [0.05, 0.1) is 4.91 Å². The molecule has 0 radical (unpaired) electrons. The molecule has 3 rings (SSSR count). The first-order chi connectivity index (χ1) is 12.2. The Morgan fingerprint density at radius 3 is 2.36 bits per heavy atom. The number of thioether (sulfide) groups is 2. The van der Waals surface area contributed by atoms with Crippen LogP contribution in [0.2, 0.25) is 0 Å². The molecule has 25 heavy (non-hydrogen) atoms. The second-order valence-electron chi connectivity index (χ2n) is 5.53. The molecule has 0 aliphatic carbocycles. The third kappa shape index (κ3) is 4.77. The third-order valence-electron chi connectivity index (χ3n) is 3.79. The topological polar surface area (TPSA) is 38.7 Å². The summed E-state index contributed by atoms with van der Waals surface area (Å²) < 4.78 is 6.62. The van der Waals surface area contributed by atoms with Crippen molar-refractivity contribution >= 4 is 39.9 Å². The highest BCUT2D eigenvalue weighted by Gasteiger charge is 2.20. The molecule has 1 heterocycles. The van der Waals surface area contributed by atoms with Crippen molar-refractivity contribution in [1.82, 2.24) is 0 Å². The molecule has 0 aromatic heterocycles. The van der Waals surface area contributed by atoms with E-state index in [0.717, 1.165) is 27.7 Å². The molecule has 2 aromatic carbocycles. The smallest absolute Gasteiger partial charge is 0.285 e. The molecule has 1 aliphatic rings. The van der Waals surface area contributed by atoms with Crippen LogP contribution in [0.25, 0.3) is 6.08 Å². The normalized spacial score (nSPS) is 15.5. The summed E-state index contributed by atoms with van der Waals surface area (Å²) in [5, 5.41) is 0. The number of hydrogen-bond acceptors (Lipinski definition) is 4. The summed E-state index contributed by atoms with van der Waals surface area (Å²) in [7, 11) is 0. The van der Waals surface area contributed by atoms with Crippen LogP contribution in [0.1, 0.15) is 23.6 Å². The zero-order valence-electron chi connectivity index (χ0n) is 14.2. The summed E-state index contributed by atoms with van der Waals surface area (Å²) in [4.78, 5) is 16.5. The third-order valence-corrected chi connectivity index (χ3v) is 5.76. The van der Waals surface area contributed by atoms with E-state index in [9.17, 15) is 4.79 Å². The lowest BCUT2D eigenvalue weighted by Gasteiger charge is -2.07. The average molecular weight is 370 g/mol. The monoisotopic (exact) mass is 369 g/mol. The number of nitrogens with zero attached hydrogens (tertiary/aromatic N) is 1. The number of hydrogen-bond donors (Lipinski definition) is 0. The van der Waals surface area contributed by atoms with Gasteiger partial charge in [-0.15, -0.1) is 11.8 Å². The van der Waals surface area contributed by atoms with Gasteiger partial charge in [-0.2, -0.15) is 4.99 Å². The number of aryl methyl sites for hydroxylation is 1. The molecule has 0 atom stereocenters. The van der Waals surface area contributed by atoms with Gasteiger partial charge >= 0.3 is 0 Å². The summed E-state index contributed by atoms with van der Waals surface area (Å²) in [6.45, 7) is 2.69. The largest absolute Gasteiger partial charge is 0.489 e. The quantitative estimate of drug-likeness (QED) is 0.682. The van der Waals surface area contributed by atoms with Gasteiger partial charge < -0.3 is 4.74 Å². The molecule has 1 amide bonds. The van der Waals surface area contributed by atoms with Gasteiger partial charge in [0.1, 0.15) is 16.7 Å². The number of carbonyl (C=O) groups excluding carboxylic acids is 1. The van der Waals surface area contributed by atoms with Crippen LogP contribution in [-0.4, -0.2) is 16.5 Å².